The number of allylic oxidation sites excluding steroid dienone is 1. The first kappa shape index (κ1) is 15.2. The highest BCUT2D eigenvalue weighted by Gasteiger charge is 2.81. The van der Waals surface area contributed by atoms with Crippen molar-refractivity contribution in [2.45, 2.75) is 69.0 Å². The second-order valence-electron chi connectivity index (χ2n) is 6.86. The van der Waals surface area contributed by atoms with Crippen molar-refractivity contribution in [3.05, 3.63) is 11.6 Å². The van der Waals surface area contributed by atoms with E-state index in [9.17, 15) is 9.90 Å². The van der Waals surface area contributed by atoms with Crippen LogP contribution in [0.3, 0.4) is 0 Å². The Hall–Kier alpha value is -0.750. The van der Waals surface area contributed by atoms with Crippen LogP contribution in [-0.4, -0.2) is 53.6 Å². The molecule has 3 fully saturated rings. The minimum atomic E-state index is -1.41. The molecule has 3 aliphatic rings. The largest absolute Gasteiger partial charge is 0.380 e. The van der Waals surface area contributed by atoms with Crippen molar-refractivity contribution in [2.75, 3.05) is 13.7 Å². The summed E-state index contributed by atoms with van der Waals surface area (Å²) < 4.78 is 16.8. The molecule has 0 radical (unpaired) electrons. The van der Waals surface area contributed by atoms with Gasteiger partial charge in [-0.2, -0.15) is 0 Å². The van der Waals surface area contributed by atoms with Gasteiger partial charge in [-0.05, 0) is 33.6 Å². The quantitative estimate of drug-likeness (QED) is 0.627. The highest BCUT2D eigenvalue weighted by molar-refractivity contribution is 5.87. The van der Waals surface area contributed by atoms with Gasteiger partial charge in [0.2, 0.25) is 0 Å². The number of ketones is 1. The molecular weight excluding hydrogens is 272 g/mol. The number of hydrogen-bond acceptors (Lipinski definition) is 5. The minimum absolute atomic E-state index is 0.0705. The van der Waals surface area contributed by atoms with Crippen molar-refractivity contribution in [3.63, 3.8) is 0 Å². The molecule has 0 aromatic heterocycles. The van der Waals surface area contributed by atoms with Crippen LogP contribution in [0.2, 0.25) is 0 Å². The summed E-state index contributed by atoms with van der Waals surface area (Å²) in [5.41, 5.74) is -1.69. The van der Waals surface area contributed by atoms with Gasteiger partial charge < -0.3 is 19.3 Å². The van der Waals surface area contributed by atoms with Crippen LogP contribution < -0.4 is 0 Å². The number of aliphatic hydroxyl groups is 1. The van der Waals surface area contributed by atoms with Crippen LogP contribution >= 0.6 is 0 Å². The summed E-state index contributed by atoms with van der Waals surface area (Å²) in [5, 5.41) is 11.4. The number of hydrogen-bond donors (Lipinski definition) is 1. The van der Waals surface area contributed by atoms with Crippen molar-refractivity contribution < 1.29 is 24.1 Å². The lowest BCUT2D eigenvalue weighted by Gasteiger charge is -2.45. The second kappa shape index (κ2) is 4.62. The predicted octanol–water partition coefficient (Wildman–Crippen LogP) is 1.38. The Morgan fingerprint density at radius 2 is 2.19 bits per heavy atom. The van der Waals surface area contributed by atoms with Gasteiger partial charge in [0.05, 0.1) is 12.7 Å². The molecule has 0 bridgehead atoms. The first-order valence-corrected chi connectivity index (χ1v) is 7.54. The number of Topliss-reactive ketones (excluding diaryl/α,β-unsaturated/α-hetero) is 1. The summed E-state index contributed by atoms with van der Waals surface area (Å²) in [6, 6.07) is 0. The number of ether oxygens (including phenoxy) is 3. The highest BCUT2D eigenvalue weighted by atomic mass is 16.7. The molecule has 2 saturated heterocycles. The van der Waals surface area contributed by atoms with E-state index in [-0.39, 0.29) is 11.9 Å². The molecule has 0 aromatic carbocycles. The van der Waals surface area contributed by atoms with Gasteiger partial charge in [0.15, 0.2) is 11.4 Å². The smallest absolute Gasteiger partial charge is 0.164 e. The third-order valence-electron chi connectivity index (χ3n) is 5.31. The number of epoxide rings is 2. The van der Waals surface area contributed by atoms with Gasteiger partial charge in [-0.15, -0.1) is 0 Å². The Morgan fingerprint density at radius 3 is 2.71 bits per heavy atom. The third-order valence-corrected chi connectivity index (χ3v) is 5.31. The van der Waals surface area contributed by atoms with Crippen LogP contribution in [0, 0.1) is 0 Å². The van der Waals surface area contributed by atoms with Gasteiger partial charge in [-0.3, -0.25) is 4.79 Å². The Morgan fingerprint density at radius 1 is 1.52 bits per heavy atom. The van der Waals surface area contributed by atoms with Crippen molar-refractivity contribution in [2.24, 2.45) is 0 Å². The van der Waals surface area contributed by atoms with Crippen molar-refractivity contribution in [1.82, 2.24) is 0 Å². The minimum Gasteiger partial charge on any atom is -0.380 e. The maximum Gasteiger partial charge on any atom is 0.164 e. The number of rotatable bonds is 4. The van der Waals surface area contributed by atoms with Crippen LogP contribution in [-0.2, 0) is 19.0 Å². The summed E-state index contributed by atoms with van der Waals surface area (Å²) in [7, 11) is 1.46. The highest BCUT2D eigenvalue weighted by Crippen LogP contribution is 2.61. The van der Waals surface area contributed by atoms with E-state index in [1.54, 1.807) is 0 Å². The molecule has 1 spiro atoms. The molecule has 2 aliphatic heterocycles. The van der Waals surface area contributed by atoms with Crippen LogP contribution in [0.15, 0.2) is 11.6 Å². The summed E-state index contributed by atoms with van der Waals surface area (Å²) in [6.07, 6.45) is 2.75. The lowest BCUT2D eigenvalue weighted by molar-refractivity contribution is -0.193. The van der Waals surface area contributed by atoms with Crippen LogP contribution in [0.5, 0.6) is 0 Å². The van der Waals surface area contributed by atoms with Crippen molar-refractivity contribution in [3.8, 4) is 0 Å². The molecule has 1 saturated carbocycles. The second-order valence-corrected chi connectivity index (χ2v) is 6.86. The van der Waals surface area contributed by atoms with Crippen LogP contribution in [0.1, 0.15) is 40.0 Å². The Bertz CT molecular complexity index is 491. The van der Waals surface area contributed by atoms with E-state index in [1.807, 2.05) is 20.8 Å². The molecule has 0 aromatic rings. The number of carbonyl (C=O) groups excluding carboxylic acids is 1. The lowest BCUT2D eigenvalue weighted by atomic mass is 9.65. The zero-order valence-corrected chi connectivity index (χ0v) is 13.1. The molecule has 0 amide bonds. The van der Waals surface area contributed by atoms with Crippen LogP contribution in [0.4, 0.5) is 0 Å². The van der Waals surface area contributed by atoms with E-state index in [2.05, 4.69) is 6.08 Å². The maximum atomic E-state index is 12.2. The van der Waals surface area contributed by atoms with Gasteiger partial charge >= 0.3 is 0 Å². The molecule has 5 heteroatoms. The predicted molar refractivity (Wildman–Crippen MR) is 76.0 cm³/mol. The summed E-state index contributed by atoms with van der Waals surface area (Å²) in [4.78, 5) is 12.2. The Labute approximate surface area is 125 Å². The normalized spacial score (nSPS) is 48.3. The summed E-state index contributed by atoms with van der Waals surface area (Å²) in [6.45, 7) is 6.39. The Balaban J connectivity index is 1.90. The first-order valence-electron chi connectivity index (χ1n) is 7.54. The van der Waals surface area contributed by atoms with E-state index in [0.717, 1.165) is 6.42 Å². The lowest BCUT2D eigenvalue weighted by Crippen LogP contribution is -2.69. The van der Waals surface area contributed by atoms with E-state index < -0.39 is 22.9 Å². The Kier molecular flexibility index (Phi) is 3.34. The standard InChI is InChI=1S/C16H24O5/c1-10(2)5-6-12-14(3,21-12)16(18)13(19-4)11(17)7-8-15(16)9-20-15/h5,12-13,18H,6-9H2,1-4H3/t12-,13-,14-,15-,16-/m0/s1. The maximum absolute atomic E-state index is 12.2. The molecular formula is C16H24O5. The third kappa shape index (κ3) is 1.95. The molecule has 3 rings (SSSR count). The zero-order chi connectivity index (χ0) is 15.5. The molecule has 118 valence electrons. The van der Waals surface area contributed by atoms with Gasteiger partial charge in [-0.1, -0.05) is 11.6 Å². The summed E-state index contributed by atoms with van der Waals surface area (Å²) in [5.74, 6) is -0.0705. The van der Waals surface area contributed by atoms with E-state index >= 15 is 0 Å². The van der Waals surface area contributed by atoms with E-state index in [0.29, 0.717) is 19.4 Å². The molecule has 21 heavy (non-hydrogen) atoms. The number of methoxy groups -OCH3 is 1. The fourth-order valence-electron chi connectivity index (χ4n) is 3.80. The van der Waals surface area contributed by atoms with Crippen molar-refractivity contribution in [1.29, 1.82) is 0 Å². The van der Waals surface area contributed by atoms with Gasteiger partial charge in [0.1, 0.15) is 17.3 Å². The van der Waals surface area contributed by atoms with E-state index in [1.165, 1.54) is 12.7 Å². The number of carbonyl (C=O) groups is 1. The molecule has 1 N–H and O–H groups in total. The fraction of sp³-hybridized carbons (Fsp3) is 0.812. The molecule has 2 heterocycles. The average Bonchev–Trinajstić information content (AvgIpc) is 3.31. The van der Waals surface area contributed by atoms with Gasteiger partial charge in [0.25, 0.3) is 0 Å². The zero-order valence-electron chi connectivity index (χ0n) is 13.1. The molecule has 5 nitrogen and oxygen atoms in total. The molecule has 5 atom stereocenters. The summed E-state index contributed by atoms with van der Waals surface area (Å²) >= 11 is 0. The van der Waals surface area contributed by atoms with Gasteiger partial charge in [-0.25, -0.2) is 0 Å². The topological polar surface area (TPSA) is 71.6 Å². The van der Waals surface area contributed by atoms with Crippen LogP contribution in [0.25, 0.3) is 0 Å². The average molecular weight is 296 g/mol. The SMILES string of the molecule is CO[C@H]1C(=O)CC[C@]2(CO2)[C@@]1(O)[C@@]1(C)O[C@H]1CC=C(C)C. The first-order chi connectivity index (χ1) is 9.81. The molecule has 1 aliphatic carbocycles. The molecule has 0 unspecified atom stereocenters. The van der Waals surface area contributed by atoms with Gasteiger partial charge in [0, 0.05) is 13.5 Å². The monoisotopic (exact) mass is 296 g/mol. The fourth-order valence-corrected chi connectivity index (χ4v) is 3.80. The van der Waals surface area contributed by atoms with E-state index in [4.69, 9.17) is 14.2 Å². The van der Waals surface area contributed by atoms with Crippen molar-refractivity contribution >= 4 is 5.78 Å².